The molecule has 0 aromatic heterocycles. The van der Waals surface area contributed by atoms with E-state index >= 15 is 0 Å². The van der Waals surface area contributed by atoms with Gasteiger partial charge in [-0.05, 0) is 49.2 Å². The van der Waals surface area contributed by atoms with Gasteiger partial charge >= 0.3 is 0 Å². The summed E-state index contributed by atoms with van der Waals surface area (Å²) in [7, 11) is -3.47. The zero-order chi connectivity index (χ0) is 17.0. The summed E-state index contributed by atoms with van der Waals surface area (Å²) in [6.45, 7) is 4.92. The molecular formula is C19H24N2O2S. The fourth-order valence-electron chi connectivity index (χ4n) is 3.18. The third-order valence-corrected chi connectivity index (χ3v) is 6.08. The molecule has 0 bridgehead atoms. The number of piperidine rings is 1. The van der Waals surface area contributed by atoms with Gasteiger partial charge in [0.15, 0.2) is 0 Å². The summed E-state index contributed by atoms with van der Waals surface area (Å²) in [5.41, 5.74) is 2.10. The summed E-state index contributed by atoms with van der Waals surface area (Å²) in [5, 5.41) is 0. The Labute approximate surface area is 144 Å². The molecule has 2 aromatic carbocycles. The van der Waals surface area contributed by atoms with Gasteiger partial charge in [-0.3, -0.25) is 0 Å². The van der Waals surface area contributed by atoms with Crippen LogP contribution < -0.4 is 4.72 Å². The van der Waals surface area contributed by atoms with E-state index in [-0.39, 0.29) is 6.04 Å². The van der Waals surface area contributed by atoms with Crippen LogP contribution >= 0.6 is 0 Å². The third kappa shape index (κ3) is 4.04. The van der Waals surface area contributed by atoms with E-state index in [0.717, 1.165) is 43.6 Å². The monoisotopic (exact) mass is 344 g/mol. The van der Waals surface area contributed by atoms with Crippen LogP contribution in [0.25, 0.3) is 11.1 Å². The van der Waals surface area contributed by atoms with Crippen molar-refractivity contribution >= 4 is 10.0 Å². The first kappa shape index (κ1) is 17.1. The zero-order valence-electron chi connectivity index (χ0n) is 14.0. The lowest BCUT2D eigenvalue weighted by Gasteiger charge is -2.32. The van der Waals surface area contributed by atoms with Crippen LogP contribution in [-0.4, -0.2) is 39.0 Å². The molecule has 1 aliphatic rings. The second kappa shape index (κ2) is 7.47. The average molecular weight is 344 g/mol. The van der Waals surface area contributed by atoms with Crippen molar-refractivity contribution in [2.45, 2.75) is 30.7 Å². The van der Waals surface area contributed by atoms with Crippen LogP contribution in [0.15, 0.2) is 59.5 Å². The molecular weight excluding hydrogens is 320 g/mol. The molecule has 1 saturated heterocycles. The van der Waals surface area contributed by atoms with E-state index in [2.05, 4.69) is 16.5 Å². The lowest BCUT2D eigenvalue weighted by molar-refractivity contribution is 0.211. The minimum absolute atomic E-state index is 0.00231. The molecule has 4 nitrogen and oxygen atoms in total. The van der Waals surface area contributed by atoms with Crippen LogP contribution in [0.3, 0.4) is 0 Å². The lowest BCUT2D eigenvalue weighted by atomic mass is 10.1. The zero-order valence-corrected chi connectivity index (χ0v) is 14.8. The summed E-state index contributed by atoms with van der Waals surface area (Å²) in [6.07, 6.45) is 1.94. The molecule has 0 spiro atoms. The van der Waals surface area contributed by atoms with Crippen molar-refractivity contribution in [2.75, 3.05) is 19.6 Å². The molecule has 1 atom stereocenters. The predicted octanol–water partition coefficient (Wildman–Crippen LogP) is 3.12. The van der Waals surface area contributed by atoms with E-state index in [0.29, 0.717) is 4.90 Å². The van der Waals surface area contributed by atoms with E-state index in [9.17, 15) is 8.42 Å². The number of rotatable bonds is 5. The largest absolute Gasteiger partial charge is 0.302 e. The molecule has 2 aromatic rings. The first-order valence-electron chi connectivity index (χ1n) is 8.48. The maximum Gasteiger partial charge on any atom is 0.240 e. The van der Waals surface area contributed by atoms with Gasteiger partial charge in [0.1, 0.15) is 0 Å². The van der Waals surface area contributed by atoms with Gasteiger partial charge in [0.05, 0.1) is 4.90 Å². The number of likely N-dealkylation sites (N-methyl/N-ethyl adjacent to an activating group) is 1. The summed E-state index contributed by atoms with van der Waals surface area (Å²) in [6, 6.07) is 17.1. The van der Waals surface area contributed by atoms with Crippen LogP contribution in [0, 0.1) is 0 Å². The SMILES string of the molecule is CCN1CCC[C@H](NS(=O)(=O)c2ccc(-c3ccccc3)cc2)C1. The Bertz CT molecular complexity index is 758. The van der Waals surface area contributed by atoms with Gasteiger partial charge in [-0.2, -0.15) is 0 Å². The second-order valence-corrected chi connectivity index (χ2v) is 7.96. The first-order valence-corrected chi connectivity index (χ1v) is 9.97. The van der Waals surface area contributed by atoms with Crippen molar-refractivity contribution in [3.8, 4) is 11.1 Å². The number of sulfonamides is 1. The Morgan fingerprint density at radius 2 is 1.71 bits per heavy atom. The number of likely N-dealkylation sites (tertiary alicyclic amines) is 1. The molecule has 0 radical (unpaired) electrons. The number of hydrogen-bond donors (Lipinski definition) is 1. The van der Waals surface area contributed by atoms with Crippen LogP contribution in [-0.2, 0) is 10.0 Å². The van der Waals surface area contributed by atoms with Crippen molar-refractivity contribution in [1.82, 2.24) is 9.62 Å². The number of nitrogens with one attached hydrogen (secondary N) is 1. The molecule has 24 heavy (non-hydrogen) atoms. The smallest absolute Gasteiger partial charge is 0.240 e. The molecule has 3 rings (SSSR count). The normalized spacial score (nSPS) is 19.3. The highest BCUT2D eigenvalue weighted by molar-refractivity contribution is 7.89. The molecule has 0 saturated carbocycles. The van der Waals surface area contributed by atoms with Crippen LogP contribution in [0.5, 0.6) is 0 Å². The third-order valence-electron chi connectivity index (χ3n) is 4.55. The van der Waals surface area contributed by atoms with Crippen LogP contribution in [0.2, 0.25) is 0 Å². The highest BCUT2D eigenvalue weighted by Gasteiger charge is 2.24. The van der Waals surface area contributed by atoms with Crippen molar-refractivity contribution in [3.05, 3.63) is 54.6 Å². The predicted molar refractivity (Wildman–Crippen MR) is 97.3 cm³/mol. The quantitative estimate of drug-likeness (QED) is 0.907. The van der Waals surface area contributed by atoms with Gasteiger partial charge in [-0.15, -0.1) is 0 Å². The Hall–Kier alpha value is -1.69. The fraction of sp³-hybridized carbons (Fsp3) is 0.368. The molecule has 1 heterocycles. The average Bonchev–Trinajstić information content (AvgIpc) is 2.62. The Balaban J connectivity index is 1.73. The maximum atomic E-state index is 12.6. The van der Waals surface area contributed by atoms with Crippen molar-refractivity contribution in [2.24, 2.45) is 0 Å². The molecule has 1 fully saturated rings. The van der Waals surface area contributed by atoms with Gasteiger partial charge in [0.25, 0.3) is 0 Å². The van der Waals surface area contributed by atoms with Gasteiger partial charge in [0.2, 0.25) is 10.0 Å². The number of benzene rings is 2. The molecule has 5 heteroatoms. The standard InChI is InChI=1S/C19H24N2O2S/c1-2-21-14-6-9-18(15-21)20-24(22,23)19-12-10-17(11-13-19)16-7-4-3-5-8-16/h3-5,7-8,10-13,18,20H,2,6,9,14-15H2,1H3/t18-/m0/s1. The maximum absolute atomic E-state index is 12.6. The highest BCUT2D eigenvalue weighted by atomic mass is 32.2. The van der Waals surface area contributed by atoms with E-state index in [1.54, 1.807) is 12.1 Å². The van der Waals surface area contributed by atoms with Gasteiger partial charge in [-0.25, -0.2) is 13.1 Å². The molecule has 1 N–H and O–H groups in total. The minimum Gasteiger partial charge on any atom is -0.302 e. The van der Waals surface area contributed by atoms with Crippen molar-refractivity contribution in [3.63, 3.8) is 0 Å². The fourth-order valence-corrected chi connectivity index (χ4v) is 4.45. The van der Waals surface area contributed by atoms with Gasteiger partial charge in [-0.1, -0.05) is 49.4 Å². The Morgan fingerprint density at radius 1 is 1.04 bits per heavy atom. The molecule has 128 valence electrons. The van der Waals surface area contributed by atoms with Crippen LogP contribution in [0.4, 0.5) is 0 Å². The summed E-state index contributed by atoms with van der Waals surface area (Å²) >= 11 is 0. The first-order chi connectivity index (χ1) is 11.6. The van der Waals surface area contributed by atoms with E-state index in [1.807, 2.05) is 42.5 Å². The summed E-state index contributed by atoms with van der Waals surface area (Å²) in [5.74, 6) is 0. The molecule has 0 amide bonds. The lowest BCUT2D eigenvalue weighted by Crippen LogP contribution is -2.47. The van der Waals surface area contributed by atoms with E-state index in [1.165, 1.54) is 0 Å². The molecule has 1 aliphatic heterocycles. The van der Waals surface area contributed by atoms with Gasteiger partial charge < -0.3 is 4.90 Å². The Kier molecular flexibility index (Phi) is 5.33. The highest BCUT2D eigenvalue weighted by Crippen LogP contribution is 2.21. The van der Waals surface area contributed by atoms with Crippen molar-refractivity contribution in [1.29, 1.82) is 0 Å². The number of nitrogens with zero attached hydrogens (tertiary/aromatic N) is 1. The second-order valence-electron chi connectivity index (χ2n) is 6.24. The topological polar surface area (TPSA) is 49.4 Å². The molecule has 0 aliphatic carbocycles. The Morgan fingerprint density at radius 3 is 2.38 bits per heavy atom. The van der Waals surface area contributed by atoms with E-state index < -0.39 is 10.0 Å². The minimum atomic E-state index is -3.47. The summed E-state index contributed by atoms with van der Waals surface area (Å²) < 4.78 is 28.1. The van der Waals surface area contributed by atoms with Crippen molar-refractivity contribution < 1.29 is 8.42 Å². The van der Waals surface area contributed by atoms with E-state index in [4.69, 9.17) is 0 Å². The van der Waals surface area contributed by atoms with Crippen LogP contribution in [0.1, 0.15) is 19.8 Å². The van der Waals surface area contributed by atoms with Gasteiger partial charge in [0, 0.05) is 12.6 Å². The number of hydrogen-bond acceptors (Lipinski definition) is 3. The molecule has 0 unspecified atom stereocenters. The summed E-state index contributed by atoms with van der Waals surface area (Å²) in [4.78, 5) is 2.62.